The molecule has 0 bridgehead atoms. The molecule has 2 rings (SSSR count). The Labute approximate surface area is 81.5 Å². The zero-order valence-corrected chi connectivity index (χ0v) is 8.77. The van der Waals surface area contributed by atoms with Gasteiger partial charge in [-0.25, -0.2) is 4.21 Å². The summed E-state index contributed by atoms with van der Waals surface area (Å²) in [5.41, 5.74) is 0.0995. The van der Waals surface area contributed by atoms with Gasteiger partial charge in [-0.1, -0.05) is 0 Å². The van der Waals surface area contributed by atoms with E-state index in [4.69, 9.17) is 8.92 Å². The predicted molar refractivity (Wildman–Crippen MR) is 50.7 cm³/mol. The van der Waals surface area contributed by atoms with Gasteiger partial charge in [0.15, 0.2) is 11.1 Å². The molecule has 1 aliphatic carbocycles. The van der Waals surface area contributed by atoms with E-state index < -0.39 is 11.1 Å². The molecule has 2 aliphatic rings. The van der Waals surface area contributed by atoms with Crippen molar-refractivity contribution in [1.29, 1.82) is 0 Å². The molecule has 1 heterocycles. The Hall–Kier alpha value is 0.0700. The van der Waals surface area contributed by atoms with E-state index in [1.165, 1.54) is 6.42 Å². The minimum atomic E-state index is -1.13. The minimum Gasteiger partial charge on any atom is -0.375 e. The molecule has 0 aromatic rings. The molecule has 13 heavy (non-hydrogen) atoms. The van der Waals surface area contributed by atoms with Crippen LogP contribution in [0.3, 0.4) is 0 Å². The van der Waals surface area contributed by atoms with Crippen LogP contribution in [0.2, 0.25) is 0 Å². The first-order valence-corrected chi connectivity index (χ1v) is 6.33. The van der Waals surface area contributed by atoms with Crippen LogP contribution in [0.15, 0.2) is 0 Å². The maximum atomic E-state index is 10.9. The van der Waals surface area contributed by atoms with E-state index in [1.807, 2.05) is 0 Å². The topological polar surface area (TPSA) is 35.5 Å². The number of ether oxygens (including phenoxy) is 1. The Bertz CT molecular complexity index is 213. The van der Waals surface area contributed by atoms with E-state index in [2.05, 4.69) is 0 Å². The first-order valence-electron chi connectivity index (χ1n) is 4.85. The molecule has 1 saturated heterocycles. The van der Waals surface area contributed by atoms with Crippen LogP contribution in [-0.4, -0.2) is 28.8 Å². The molecule has 2 unspecified atom stereocenters. The van der Waals surface area contributed by atoms with Crippen LogP contribution in [-0.2, 0) is 20.0 Å². The Morgan fingerprint density at radius 2 is 2.31 bits per heavy atom. The van der Waals surface area contributed by atoms with Crippen molar-refractivity contribution in [2.75, 3.05) is 12.9 Å². The third kappa shape index (κ3) is 2.11. The maximum absolute atomic E-state index is 10.9. The van der Waals surface area contributed by atoms with Crippen molar-refractivity contribution in [3.8, 4) is 0 Å². The molecule has 3 nitrogen and oxygen atoms in total. The highest BCUT2D eigenvalue weighted by Crippen LogP contribution is 2.42. The average molecular weight is 204 g/mol. The van der Waals surface area contributed by atoms with Gasteiger partial charge in [0.2, 0.25) is 0 Å². The third-order valence-corrected chi connectivity index (χ3v) is 3.53. The fourth-order valence-corrected chi connectivity index (χ4v) is 2.72. The highest BCUT2D eigenvalue weighted by atomic mass is 32.2. The molecule has 0 amide bonds. The summed E-state index contributed by atoms with van der Waals surface area (Å²) in [5, 5.41) is 0. The molecule has 2 atom stereocenters. The molecule has 2 fully saturated rings. The fraction of sp³-hybridized carbons (Fsp3) is 1.00. The number of hydrogen-bond donors (Lipinski definition) is 0. The molecule has 0 aromatic carbocycles. The van der Waals surface area contributed by atoms with Gasteiger partial charge in [-0.15, -0.1) is 0 Å². The van der Waals surface area contributed by atoms with Gasteiger partial charge in [0.05, 0.1) is 11.7 Å². The largest absolute Gasteiger partial charge is 0.375 e. The summed E-state index contributed by atoms with van der Waals surface area (Å²) in [5.74, 6) is 0. The van der Waals surface area contributed by atoms with Gasteiger partial charge >= 0.3 is 0 Å². The summed E-state index contributed by atoms with van der Waals surface area (Å²) < 4.78 is 21.9. The predicted octanol–water partition coefficient (Wildman–Crippen LogP) is 1.40. The van der Waals surface area contributed by atoms with Crippen molar-refractivity contribution < 1.29 is 13.1 Å². The van der Waals surface area contributed by atoms with Crippen LogP contribution >= 0.6 is 0 Å². The molecule has 1 aliphatic heterocycles. The highest BCUT2D eigenvalue weighted by molar-refractivity contribution is 7.79. The number of hydrogen-bond acceptors (Lipinski definition) is 3. The normalized spacial score (nSPS) is 34.1. The van der Waals surface area contributed by atoms with Crippen LogP contribution in [0.4, 0.5) is 0 Å². The Morgan fingerprint density at radius 1 is 1.54 bits per heavy atom. The van der Waals surface area contributed by atoms with E-state index in [1.54, 1.807) is 6.26 Å². The summed E-state index contributed by atoms with van der Waals surface area (Å²) in [6.07, 6.45) is 7.14. The molecule has 0 radical (unpaired) electrons. The van der Waals surface area contributed by atoms with Gasteiger partial charge in [-0.3, -0.25) is 4.18 Å². The SMILES string of the molecule is CS(=O)OC1CCOC2(CCC2)C1. The summed E-state index contributed by atoms with van der Waals surface area (Å²) in [7, 11) is 0. The molecule has 1 spiro atoms. The van der Waals surface area contributed by atoms with E-state index >= 15 is 0 Å². The van der Waals surface area contributed by atoms with Crippen molar-refractivity contribution in [3.63, 3.8) is 0 Å². The summed E-state index contributed by atoms with van der Waals surface area (Å²) >= 11 is -1.13. The van der Waals surface area contributed by atoms with Crippen molar-refractivity contribution >= 4 is 11.1 Å². The van der Waals surface area contributed by atoms with E-state index in [-0.39, 0.29) is 11.7 Å². The standard InChI is InChI=1S/C9H16O3S/c1-13(10)12-8-3-6-11-9(7-8)4-2-5-9/h8H,2-7H2,1H3. The molecule has 0 N–H and O–H groups in total. The fourth-order valence-electron chi connectivity index (χ4n) is 2.18. The first-order chi connectivity index (χ1) is 6.20. The molecular weight excluding hydrogens is 188 g/mol. The van der Waals surface area contributed by atoms with Gasteiger partial charge in [-0.2, -0.15) is 0 Å². The van der Waals surface area contributed by atoms with Gasteiger partial charge in [0, 0.05) is 19.3 Å². The second kappa shape index (κ2) is 3.67. The van der Waals surface area contributed by atoms with Crippen molar-refractivity contribution in [3.05, 3.63) is 0 Å². The van der Waals surface area contributed by atoms with Crippen LogP contribution in [0.25, 0.3) is 0 Å². The van der Waals surface area contributed by atoms with Crippen molar-refractivity contribution in [1.82, 2.24) is 0 Å². The highest BCUT2D eigenvalue weighted by Gasteiger charge is 2.43. The monoisotopic (exact) mass is 204 g/mol. The van der Waals surface area contributed by atoms with E-state index in [9.17, 15) is 4.21 Å². The van der Waals surface area contributed by atoms with Crippen LogP contribution in [0, 0.1) is 0 Å². The third-order valence-electron chi connectivity index (χ3n) is 2.98. The molecule has 0 aromatic heterocycles. The lowest BCUT2D eigenvalue weighted by Crippen LogP contribution is -2.47. The smallest absolute Gasteiger partial charge is 0.152 e. The number of rotatable bonds is 2. The Kier molecular flexibility index (Phi) is 2.72. The molecule has 4 heteroatoms. The van der Waals surface area contributed by atoms with Crippen LogP contribution in [0.5, 0.6) is 0 Å². The van der Waals surface area contributed by atoms with E-state index in [0.717, 1.165) is 32.3 Å². The maximum Gasteiger partial charge on any atom is 0.152 e. The Balaban J connectivity index is 1.88. The molecule has 1 saturated carbocycles. The molecule has 76 valence electrons. The van der Waals surface area contributed by atoms with Gasteiger partial charge < -0.3 is 4.74 Å². The quantitative estimate of drug-likeness (QED) is 0.682. The van der Waals surface area contributed by atoms with Crippen molar-refractivity contribution in [2.24, 2.45) is 0 Å². The van der Waals surface area contributed by atoms with Gasteiger partial charge in [0.1, 0.15) is 0 Å². The summed E-state index contributed by atoms with van der Waals surface area (Å²) in [4.78, 5) is 0. The summed E-state index contributed by atoms with van der Waals surface area (Å²) in [6.45, 7) is 0.766. The summed E-state index contributed by atoms with van der Waals surface area (Å²) in [6, 6.07) is 0. The average Bonchev–Trinajstić information content (AvgIpc) is 2.01. The van der Waals surface area contributed by atoms with Crippen molar-refractivity contribution in [2.45, 2.75) is 43.8 Å². The minimum absolute atomic E-state index is 0.0995. The lowest BCUT2D eigenvalue weighted by atomic mass is 9.74. The van der Waals surface area contributed by atoms with Gasteiger partial charge in [-0.05, 0) is 25.7 Å². The van der Waals surface area contributed by atoms with Crippen LogP contribution in [0.1, 0.15) is 32.1 Å². The Morgan fingerprint density at radius 3 is 2.85 bits per heavy atom. The van der Waals surface area contributed by atoms with Gasteiger partial charge in [0.25, 0.3) is 0 Å². The molecular formula is C9H16O3S. The zero-order valence-electron chi connectivity index (χ0n) is 7.95. The second-order valence-corrected chi connectivity index (χ2v) is 4.99. The first kappa shape index (κ1) is 9.62. The lowest BCUT2D eigenvalue weighted by Gasteiger charge is -2.46. The lowest BCUT2D eigenvalue weighted by molar-refractivity contribution is -0.152. The zero-order chi connectivity index (χ0) is 9.31. The second-order valence-electron chi connectivity index (χ2n) is 4.00. The van der Waals surface area contributed by atoms with Crippen LogP contribution < -0.4 is 0 Å². The van der Waals surface area contributed by atoms with E-state index in [0.29, 0.717) is 0 Å².